The van der Waals surface area contributed by atoms with E-state index < -0.39 is 0 Å². The number of benzene rings is 1. The van der Waals surface area contributed by atoms with Gasteiger partial charge in [0.25, 0.3) is 0 Å². The minimum absolute atomic E-state index is 0.0886. The molecule has 1 aromatic rings. The van der Waals surface area contributed by atoms with E-state index in [-0.39, 0.29) is 5.41 Å². The van der Waals surface area contributed by atoms with Gasteiger partial charge in [0, 0.05) is 23.8 Å². The van der Waals surface area contributed by atoms with Crippen LogP contribution in [0.2, 0.25) is 0 Å². The zero-order valence-electron chi connectivity index (χ0n) is 10.0. The van der Waals surface area contributed by atoms with Crippen molar-refractivity contribution >= 4 is 5.69 Å². The van der Waals surface area contributed by atoms with Crippen LogP contribution < -0.4 is 4.90 Å². The van der Waals surface area contributed by atoms with E-state index in [0.717, 1.165) is 0 Å². The highest BCUT2D eigenvalue weighted by Gasteiger charge is 2.42. The summed E-state index contributed by atoms with van der Waals surface area (Å²) in [6.45, 7) is 11.1. The minimum atomic E-state index is 0.0886. The summed E-state index contributed by atoms with van der Waals surface area (Å²) in [5, 5.41) is 0. The van der Waals surface area contributed by atoms with Crippen LogP contribution >= 0.6 is 0 Å². The van der Waals surface area contributed by atoms with Gasteiger partial charge < -0.3 is 4.90 Å². The average molecular weight is 201 g/mol. The molecule has 0 saturated carbocycles. The van der Waals surface area contributed by atoms with Gasteiger partial charge in [-0.25, -0.2) is 0 Å². The van der Waals surface area contributed by atoms with Gasteiger partial charge in [0.2, 0.25) is 0 Å². The maximum atomic E-state index is 4.25. The number of likely N-dealkylation sites (N-methyl/N-ethyl adjacent to an activating group) is 1. The summed E-state index contributed by atoms with van der Waals surface area (Å²) in [5.74, 6) is 0.566. The van der Waals surface area contributed by atoms with Crippen LogP contribution in [-0.2, 0) is 5.41 Å². The van der Waals surface area contributed by atoms with Gasteiger partial charge in [-0.2, -0.15) is 0 Å². The molecule has 1 atom stereocenters. The second kappa shape index (κ2) is 3.13. The Hall–Kier alpha value is -1.24. The van der Waals surface area contributed by atoms with Crippen molar-refractivity contribution in [3.8, 4) is 0 Å². The molecule has 0 radical (unpaired) electrons. The Labute approximate surface area is 92.4 Å². The fraction of sp³-hybridized carbons (Fsp3) is 0.429. The second-order valence-electron chi connectivity index (χ2n) is 4.88. The molecule has 0 aromatic heterocycles. The molecule has 0 amide bonds. The first-order valence-corrected chi connectivity index (χ1v) is 5.52. The van der Waals surface area contributed by atoms with Crippen molar-refractivity contribution in [1.29, 1.82) is 0 Å². The molecular formula is C14H19N. The molecule has 1 aromatic carbocycles. The number of fused-ring (bicyclic) bond motifs is 1. The van der Waals surface area contributed by atoms with Crippen molar-refractivity contribution in [1.82, 2.24) is 0 Å². The van der Waals surface area contributed by atoms with Crippen molar-refractivity contribution in [2.45, 2.75) is 26.2 Å². The van der Waals surface area contributed by atoms with Gasteiger partial charge in [-0.05, 0) is 24.5 Å². The maximum Gasteiger partial charge on any atom is 0.0448 e. The average Bonchev–Trinajstić information content (AvgIpc) is 2.43. The van der Waals surface area contributed by atoms with Crippen molar-refractivity contribution < 1.29 is 0 Å². The van der Waals surface area contributed by atoms with E-state index in [1.165, 1.54) is 16.9 Å². The predicted octanol–water partition coefficient (Wildman–Crippen LogP) is 3.56. The Bertz CT molecular complexity index is 406. The standard InChI is InChI=1S/C14H19N/c1-10(2)14(4)11(3)15(5)13-9-7-6-8-12(13)14/h6-10H,3H2,1-2,4-5H3. The Morgan fingerprint density at radius 2 is 1.87 bits per heavy atom. The molecule has 0 fully saturated rings. The van der Waals surface area contributed by atoms with Crippen LogP contribution in [-0.4, -0.2) is 7.05 Å². The quantitative estimate of drug-likeness (QED) is 0.671. The summed E-state index contributed by atoms with van der Waals surface area (Å²) in [7, 11) is 2.11. The summed E-state index contributed by atoms with van der Waals surface area (Å²) in [6, 6.07) is 8.61. The summed E-state index contributed by atoms with van der Waals surface area (Å²) in [5.41, 5.74) is 4.01. The van der Waals surface area contributed by atoms with E-state index in [1.54, 1.807) is 0 Å². The molecule has 80 valence electrons. The van der Waals surface area contributed by atoms with Gasteiger partial charge in [0.1, 0.15) is 0 Å². The molecule has 1 aliphatic rings. The molecule has 1 heterocycles. The largest absolute Gasteiger partial charge is 0.348 e. The van der Waals surface area contributed by atoms with E-state index in [1.807, 2.05) is 0 Å². The van der Waals surface area contributed by atoms with Gasteiger partial charge in [-0.15, -0.1) is 0 Å². The van der Waals surface area contributed by atoms with Crippen LogP contribution in [0.4, 0.5) is 5.69 Å². The van der Waals surface area contributed by atoms with Gasteiger partial charge in [0.15, 0.2) is 0 Å². The summed E-state index contributed by atoms with van der Waals surface area (Å²) >= 11 is 0. The third kappa shape index (κ3) is 1.16. The SMILES string of the molecule is C=C1N(C)c2ccccc2C1(C)C(C)C. The molecule has 15 heavy (non-hydrogen) atoms. The van der Waals surface area contributed by atoms with Crippen molar-refractivity contribution in [3.63, 3.8) is 0 Å². The van der Waals surface area contributed by atoms with Crippen LogP contribution in [0.1, 0.15) is 26.3 Å². The van der Waals surface area contributed by atoms with Crippen LogP contribution in [0.5, 0.6) is 0 Å². The fourth-order valence-corrected chi connectivity index (χ4v) is 2.50. The lowest BCUT2D eigenvalue weighted by Gasteiger charge is -2.31. The normalized spacial score (nSPS) is 24.9. The summed E-state index contributed by atoms with van der Waals surface area (Å²) in [6.07, 6.45) is 0. The van der Waals surface area contributed by atoms with Crippen molar-refractivity contribution in [2.24, 2.45) is 5.92 Å². The van der Waals surface area contributed by atoms with Crippen LogP contribution in [0.25, 0.3) is 0 Å². The van der Waals surface area contributed by atoms with Crippen LogP contribution in [0.3, 0.4) is 0 Å². The minimum Gasteiger partial charge on any atom is -0.348 e. The maximum absolute atomic E-state index is 4.25. The van der Waals surface area contributed by atoms with Crippen LogP contribution in [0.15, 0.2) is 36.5 Å². The molecule has 2 rings (SSSR count). The second-order valence-corrected chi connectivity index (χ2v) is 4.88. The number of para-hydroxylation sites is 1. The Morgan fingerprint density at radius 3 is 2.47 bits per heavy atom. The first kappa shape index (κ1) is 10.3. The molecular weight excluding hydrogens is 182 g/mol. The van der Waals surface area contributed by atoms with Gasteiger partial charge in [-0.3, -0.25) is 0 Å². The highest BCUT2D eigenvalue weighted by atomic mass is 15.2. The van der Waals surface area contributed by atoms with E-state index in [0.29, 0.717) is 5.92 Å². The van der Waals surface area contributed by atoms with Crippen LogP contribution in [0, 0.1) is 5.92 Å². The number of allylic oxidation sites excluding steroid dienone is 1. The van der Waals surface area contributed by atoms with E-state index in [4.69, 9.17) is 0 Å². The van der Waals surface area contributed by atoms with Gasteiger partial charge in [0.05, 0.1) is 0 Å². The first-order valence-electron chi connectivity index (χ1n) is 5.52. The lowest BCUT2D eigenvalue weighted by atomic mass is 9.73. The monoisotopic (exact) mass is 201 g/mol. The molecule has 1 heteroatoms. The molecule has 0 aliphatic carbocycles. The molecule has 1 unspecified atom stereocenters. The number of hydrogen-bond acceptors (Lipinski definition) is 1. The Balaban J connectivity index is 2.66. The van der Waals surface area contributed by atoms with E-state index in [9.17, 15) is 0 Å². The van der Waals surface area contributed by atoms with Gasteiger partial charge >= 0.3 is 0 Å². The molecule has 0 N–H and O–H groups in total. The molecule has 1 nitrogen and oxygen atoms in total. The number of nitrogens with zero attached hydrogens (tertiary/aromatic N) is 1. The molecule has 1 aliphatic heterocycles. The number of hydrogen-bond donors (Lipinski definition) is 0. The zero-order chi connectivity index (χ0) is 11.2. The molecule has 0 saturated heterocycles. The zero-order valence-corrected chi connectivity index (χ0v) is 10.0. The van der Waals surface area contributed by atoms with Crippen molar-refractivity contribution in [2.75, 3.05) is 11.9 Å². The Kier molecular flexibility index (Phi) is 2.14. The van der Waals surface area contributed by atoms with Crippen molar-refractivity contribution in [3.05, 3.63) is 42.1 Å². The van der Waals surface area contributed by atoms with E-state index in [2.05, 4.69) is 63.6 Å². The fourth-order valence-electron chi connectivity index (χ4n) is 2.50. The van der Waals surface area contributed by atoms with Gasteiger partial charge in [-0.1, -0.05) is 38.6 Å². The third-order valence-corrected chi connectivity index (χ3v) is 3.98. The lowest BCUT2D eigenvalue weighted by molar-refractivity contribution is 0.407. The van der Waals surface area contributed by atoms with E-state index >= 15 is 0 Å². The highest BCUT2D eigenvalue weighted by Crippen LogP contribution is 2.50. The highest BCUT2D eigenvalue weighted by molar-refractivity contribution is 5.69. The Morgan fingerprint density at radius 1 is 1.27 bits per heavy atom. The molecule has 0 bridgehead atoms. The first-order chi connectivity index (χ1) is 6.99. The third-order valence-electron chi connectivity index (χ3n) is 3.98. The molecule has 0 spiro atoms. The predicted molar refractivity (Wildman–Crippen MR) is 66.2 cm³/mol. The summed E-state index contributed by atoms with van der Waals surface area (Å²) < 4.78 is 0. The topological polar surface area (TPSA) is 3.24 Å². The lowest BCUT2D eigenvalue weighted by Crippen LogP contribution is -2.30. The summed E-state index contributed by atoms with van der Waals surface area (Å²) in [4.78, 5) is 2.22. The number of anilines is 1. The number of rotatable bonds is 1. The smallest absolute Gasteiger partial charge is 0.0448 e.